The summed E-state index contributed by atoms with van der Waals surface area (Å²) in [4.78, 5) is 25.6. The van der Waals surface area contributed by atoms with Gasteiger partial charge in [-0.2, -0.15) is 0 Å². The molecule has 9 nitrogen and oxygen atoms in total. The molecule has 0 fully saturated rings. The number of hydrogen-bond donors (Lipinski definition) is 2. The summed E-state index contributed by atoms with van der Waals surface area (Å²) in [6, 6.07) is 14.4. The summed E-state index contributed by atoms with van der Waals surface area (Å²) in [5.74, 6) is -0.309. The summed E-state index contributed by atoms with van der Waals surface area (Å²) < 4.78 is 49.7. The Kier molecular flexibility index (Phi) is 7.07. The Labute approximate surface area is 224 Å². The zero-order valence-electron chi connectivity index (χ0n) is 20.5. The third-order valence-electron chi connectivity index (χ3n) is 5.69. The van der Waals surface area contributed by atoms with Crippen molar-refractivity contribution >= 4 is 52.1 Å². The lowest BCUT2D eigenvalue weighted by Gasteiger charge is -2.10. The summed E-state index contributed by atoms with van der Waals surface area (Å²) in [5, 5.41) is 2.81. The topological polar surface area (TPSA) is 106 Å². The van der Waals surface area contributed by atoms with Gasteiger partial charge in [-0.25, -0.2) is 24.1 Å². The molecule has 5 rings (SSSR count). The van der Waals surface area contributed by atoms with Gasteiger partial charge >= 0.3 is 12.4 Å². The molecule has 2 heterocycles. The molecule has 0 aliphatic heterocycles. The van der Waals surface area contributed by atoms with Gasteiger partial charge in [-0.1, -0.05) is 18.2 Å². The number of imidazole rings is 1. The SMILES string of the molecule is Cc1cccc(C)c1NC(=O)NSN=Cc1cnc2c(ccc3c2ncn3-c2ccc(OC(F)(F)F)cc2)n1. The highest BCUT2D eigenvalue weighted by Gasteiger charge is 2.31. The molecule has 2 aromatic heterocycles. The van der Waals surface area contributed by atoms with Crippen molar-refractivity contribution in [3.05, 3.63) is 83.9 Å². The summed E-state index contributed by atoms with van der Waals surface area (Å²) in [7, 11) is 0. The monoisotopic (exact) mass is 551 g/mol. The number of ether oxygens (including phenoxy) is 1. The summed E-state index contributed by atoms with van der Waals surface area (Å²) in [6.07, 6.45) is -0.184. The third kappa shape index (κ3) is 5.93. The number of nitrogens with zero attached hydrogens (tertiary/aromatic N) is 5. The first-order chi connectivity index (χ1) is 18.7. The van der Waals surface area contributed by atoms with Crippen LogP contribution >= 0.6 is 12.1 Å². The van der Waals surface area contributed by atoms with E-state index >= 15 is 0 Å². The molecule has 0 atom stereocenters. The fourth-order valence-electron chi connectivity index (χ4n) is 3.95. The normalized spacial score (nSPS) is 11.8. The molecule has 0 aliphatic carbocycles. The quantitative estimate of drug-likeness (QED) is 0.190. The van der Waals surface area contributed by atoms with Crippen LogP contribution in [0.5, 0.6) is 5.75 Å². The number of carbonyl (C=O) groups is 1. The maximum atomic E-state index is 12.4. The molecule has 0 aliphatic rings. The van der Waals surface area contributed by atoms with Crippen LogP contribution in [-0.2, 0) is 0 Å². The Balaban J connectivity index is 1.27. The van der Waals surface area contributed by atoms with E-state index in [0.29, 0.717) is 33.4 Å². The predicted molar refractivity (Wildman–Crippen MR) is 144 cm³/mol. The van der Waals surface area contributed by atoms with Gasteiger partial charge in [0.15, 0.2) is 0 Å². The number of aromatic nitrogens is 4. The average Bonchev–Trinajstić information content (AvgIpc) is 3.33. The van der Waals surface area contributed by atoms with E-state index in [0.717, 1.165) is 28.9 Å². The zero-order valence-corrected chi connectivity index (χ0v) is 21.3. The van der Waals surface area contributed by atoms with E-state index in [2.05, 4.69) is 34.1 Å². The largest absolute Gasteiger partial charge is 0.573 e. The van der Waals surface area contributed by atoms with E-state index in [-0.39, 0.29) is 5.75 Å². The standard InChI is InChI=1S/C26H20F3N7O2S/c1-15-4-3-5-16(2)22(15)34-25(37)35-39-32-13-17-12-30-23-20(33-17)10-11-21-24(23)31-14-36(21)18-6-8-19(9-7-18)38-26(27,28)29/h3-14H,1-2H3,(H2,34,35,37). The molecule has 39 heavy (non-hydrogen) atoms. The first-order valence-corrected chi connectivity index (χ1v) is 12.3. The van der Waals surface area contributed by atoms with Crippen LogP contribution in [0.1, 0.15) is 16.8 Å². The molecule has 5 aromatic rings. The van der Waals surface area contributed by atoms with Crippen LogP contribution in [-0.4, -0.2) is 38.1 Å². The van der Waals surface area contributed by atoms with E-state index < -0.39 is 12.4 Å². The maximum Gasteiger partial charge on any atom is 0.573 e. The van der Waals surface area contributed by atoms with Crippen LogP contribution < -0.4 is 14.8 Å². The first kappa shape index (κ1) is 26.0. The van der Waals surface area contributed by atoms with E-state index in [4.69, 9.17) is 0 Å². The van der Waals surface area contributed by atoms with Crippen molar-refractivity contribution in [2.24, 2.45) is 4.40 Å². The zero-order chi connectivity index (χ0) is 27.6. The number of urea groups is 1. The number of halogens is 3. The molecular weight excluding hydrogens is 531 g/mol. The van der Waals surface area contributed by atoms with Gasteiger partial charge in [0, 0.05) is 11.4 Å². The molecule has 2 amide bonds. The van der Waals surface area contributed by atoms with Crippen molar-refractivity contribution in [3.63, 3.8) is 0 Å². The molecule has 0 unspecified atom stereocenters. The second kappa shape index (κ2) is 10.6. The number of hydrogen-bond acceptors (Lipinski definition) is 7. The van der Waals surface area contributed by atoms with Gasteiger partial charge in [0.05, 0.1) is 35.6 Å². The molecule has 198 valence electrons. The number of amides is 2. The summed E-state index contributed by atoms with van der Waals surface area (Å²) in [6.45, 7) is 3.83. The highest BCUT2D eigenvalue weighted by atomic mass is 32.2. The molecule has 0 bridgehead atoms. The molecule has 0 radical (unpaired) electrons. The molecule has 0 spiro atoms. The van der Waals surface area contributed by atoms with Crippen LogP contribution in [0.3, 0.4) is 0 Å². The first-order valence-electron chi connectivity index (χ1n) is 11.5. The van der Waals surface area contributed by atoms with Crippen molar-refractivity contribution in [3.8, 4) is 11.4 Å². The fraction of sp³-hybridized carbons (Fsp3) is 0.115. The van der Waals surface area contributed by atoms with Crippen molar-refractivity contribution in [1.29, 1.82) is 0 Å². The number of alkyl halides is 3. The van der Waals surface area contributed by atoms with Crippen LogP contribution in [0.2, 0.25) is 0 Å². The summed E-state index contributed by atoms with van der Waals surface area (Å²) >= 11 is 0.853. The number of para-hydroxylation sites is 1. The average molecular weight is 552 g/mol. The number of rotatable bonds is 6. The second-order valence-corrected chi connectivity index (χ2v) is 9.00. The molecule has 0 saturated carbocycles. The Morgan fingerprint density at radius 1 is 1.03 bits per heavy atom. The molecule has 3 aromatic carbocycles. The molecular formula is C26H20F3N7O2S. The van der Waals surface area contributed by atoms with Gasteiger partial charge in [0.25, 0.3) is 0 Å². The molecule has 0 saturated heterocycles. The van der Waals surface area contributed by atoms with Crippen LogP contribution in [0.15, 0.2) is 71.5 Å². The van der Waals surface area contributed by atoms with Crippen molar-refractivity contribution in [2.45, 2.75) is 20.2 Å². The van der Waals surface area contributed by atoms with Gasteiger partial charge in [-0.3, -0.25) is 9.29 Å². The molecule has 13 heteroatoms. The number of carbonyl (C=O) groups excluding carboxylic acids is 1. The van der Waals surface area contributed by atoms with Crippen LogP contribution in [0.4, 0.5) is 23.7 Å². The van der Waals surface area contributed by atoms with Crippen molar-refractivity contribution in [2.75, 3.05) is 5.32 Å². The minimum absolute atomic E-state index is 0.309. The van der Waals surface area contributed by atoms with Gasteiger partial charge in [0.1, 0.15) is 28.8 Å². The second-order valence-electron chi connectivity index (χ2n) is 8.40. The number of fused-ring (bicyclic) bond motifs is 3. The number of benzene rings is 3. The van der Waals surface area contributed by atoms with Crippen molar-refractivity contribution in [1.82, 2.24) is 24.2 Å². The Morgan fingerprint density at radius 3 is 2.49 bits per heavy atom. The lowest BCUT2D eigenvalue weighted by Crippen LogP contribution is -2.23. The van der Waals surface area contributed by atoms with E-state index in [1.165, 1.54) is 36.7 Å². The number of anilines is 1. The molecule has 2 N–H and O–H groups in total. The Bertz CT molecular complexity index is 1680. The van der Waals surface area contributed by atoms with Gasteiger partial charge in [-0.15, -0.1) is 13.2 Å². The highest BCUT2D eigenvalue weighted by Crippen LogP contribution is 2.27. The summed E-state index contributed by atoms with van der Waals surface area (Å²) in [5.41, 5.74) is 6.17. The van der Waals surface area contributed by atoms with Crippen molar-refractivity contribution < 1.29 is 22.7 Å². The van der Waals surface area contributed by atoms with E-state index in [9.17, 15) is 18.0 Å². The Morgan fingerprint density at radius 2 is 1.77 bits per heavy atom. The van der Waals surface area contributed by atoms with Crippen LogP contribution in [0.25, 0.3) is 27.8 Å². The van der Waals surface area contributed by atoms with E-state index in [1.807, 2.05) is 32.0 Å². The predicted octanol–water partition coefficient (Wildman–Crippen LogP) is 6.29. The maximum absolute atomic E-state index is 12.4. The van der Waals surface area contributed by atoms with Gasteiger partial charge < -0.3 is 10.1 Å². The number of nitrogens with one attached hydrogen (secondary N) is 2. The minimum Gasteiger partial charge on any atom is -0.406 e. The Hall–Kier alpha value is -4.65. The lowest BCUT2D eigenvalue weighted by atomic mass is 10.1. The smallest absolute Gasteiger partial charge is 0.406 e. The minimum atomic E-state index is -4.75. The fourth-order valence-corrected chi connectivity index (χ4v) is 4.30. The van der Waals surface area contributed by atoms with E-state index in [1.54, 1.807) is 23.0 Å². The van der Waals surface area contributed by atoms with Gasteiger partial charge in [-0.05, 0) is 61.4 Å². The third-order valence-corrected chi connectivity index (χ3v) is 6.18. The lowest BCUT2D eigenvalue weighted by molar-refractivity contribution is -0.274. The van der Waals surface area contributed by atoms with Crippen LogP contribution in [0, 0.1) is 13.8 Å². The number of aryl methyl sites for hydroxylation is 2. The highest BCUT2D eigenvalue weighted by molar-refractivity contribution is 7.96. The van der Waals surface area contributed by atoms with Gasteiger partial charge in [0.2, 0.25) is 0 Å².